The molecule has 1 aromatic carbocycles. The third kappa shape index (κ3) is 4.44. The Balaban J connectivity index is 2.53. The monoisotopic (exact) mass is 238 g/mol. The van der Waals surface area contributed by atoms with Crippen molar-refractivity contribution in [3.8, 4) is 5.75 Å². The molecule has 4 heteroatoms. The Labute approximate surface area is 101 Å². The van der Waals surface area contributed by atoms with Gasteiger partial charge in [0, 0.05) is 0 Å². The second-order valence-electron chi connectivity index (χ2n) is 3.62. The van der Waals surface area contributed by atoms with Crippen LogP contribution < -0.4 is 4.74 Å². The molecule has 17 heavy (non-hydrogen) atoms. The summed E-state index contributed by atoms with van der Waals surface area (Å²) in [6, 6.07) is 6.67. The minimum Gasteiger partial charge on any atom is -0.491 e. The fraction of sp³-hybridized carbons (Fsp3) is 0.462. The Bertz CT molecular complexity index is 345. The van der Waals surface area contributed by atoms with Gasteiger partial charge in [-0.15, -0.1) is 0 Å². The van der Waals surface area contributed by atoms with Crippen molar-refractivity contribution < 1.29 is 19.4 Å². The topological polar surface area (TPSA) is 55.8 Å². The number of ether oxygens (including phenoxy) is 2. The molecule has 1 unspecified atom stereocenters. The fourth-order valence-electron chi connectivity index (χ4n) is 1.21. The van der Waals surface area contributed by atoms with Gasteiger partial charge in [0.1, 0.15) is 12.4 Å². The van der Waals surface area contributed by atoms with E-state index >= 15 is 0 Å². The standard InChI is InChI=1S/C13H18O4/c1-3-11(14)9-17-12-7-5-10(6-8-12)13(15)16-4-2/h5-8,11,14H,3-4,9H2,1-2H3. The number of benzene rings is 1. The zero-order valence-electron chi connectivity index (χ0n) is 10.2. The molecule has 0 bridgehead atoms. The van der Waals surface area contributed by atoms with Gasteiger partial charge in [-0.25, -0.2) is 4.79 Å². The summed E-state index contributed by atoms with van der Waals surface area (Å²) < 4.78 is 10.2. The quantitative estimate of drug-likeness (QED) is 0.770. The summed E-state index contributed by atoms with van der Waals surface area (Å²) >= 11 is 0. The van der Waals surface area contributed by atoms with E-state index < -0.39 is 6.10 Å². The molecular formula is C13H18O4. The molecule has 0 spiro atoms. The number of hydrogen-bond acceptors (Lipinski definition) is 4. The van der Waals surface area contributed by atoms with E-state index in [1.807, 2.05) is 6.92 Å². The van der Waals surface area contributed by atoms with Crippen LogP contribution in [0, 0.1) is 0 Å². The lowest BCUT2D eigenvalue weighted by molar-refractivity contribution is 0.0526. The highest BCUT2D eigenvalue weighted by molar-refractivity contribution is 5.89. The molecular weight excluding hydrogens is 220 g/mol. The van der Waals surface area contributed by atoms with Crippen LogP contribution in [0.4, 0.5) is 0 Å². The van der Waals surface area contributed by atoms with E-state index in [9.17, 15) is 9.90 Å². The predicted molar refractivity (Wildman–Crippen MR) is 64.2 cm³/mol. The lowest BCUT2D eigenvalue weighted by atomic mass is 10.2. The van der Waals surface area contributed by atoms with E-state index in [1.165, 1.54) is 0 Å². The second kappa shape index (κ2) is 6.91. The van der Waals surface area contributed by atoms with Crippen LogP contribution in [-0.4, -0.2) is 30.4 Å². The highest BCUT2D eigenvalue weighted by Crippen LogP contribution is 2.13. The van der Waals surface area contributed by atoms with Crippen LogP contribution in [0.1, 0.15) is 30.6 Å². The Morgan fingerprint density at radius 1 is 1.29 bits per heavy atom. The Kier molecular flexibility index (Phi) is 5.49. The maximum Gasteiger partial charge on any atom is 0.338 e. The number of aliphatic hydroxyl groups excluding tert-OH is 1. The van der Waals surface area contributed by atoms with Crippen molar-refractivity contribution in [2.45, 2.75) is 26.4 Å². The van der Waals surface area contributed by atoms with E-state index in [-0.39, 0.29) is 12.6 Å². The zero-order chi connectivity index (χ0) is 12.7. The number of rotatable bonds is 6. The van der Waals surface area contributed by atoms with Crippen LogP contribution in [0.5, 0.6) is 5.75 Å². The third-order valence-electron chi connectivity index (χ3n) is 2.28. The highest BCUT2D eigenvalue weighted by Gasteiger charge is 2.06. The van der Waals surface area contributed by atoms with Gasteiger partial charge < -0.3 is 14.6 Å². The first-order chi connectivity index (χ1) is 8.17. The van der Waals surface area contributed by atoms with Crippen molar-refractivity contribution in [2.24, 2.45) is 0 Å². The molecule has 0 saturated carbocycles. The van der Waals surface area contributed by atoms with Gasteiger partial charge in [-0.05, 0) is 37.6 Å². The van der Waals surface area contributed by atoms with Crippen LogP contribution in [0.2, 0.25) is 0 Å². The van der Waals surface area contributed by atoms with E-state index in [1.54, 1.807) is 31.2 Å². The molecule has 4 nitrogen and oxygen atoms in total. The molecule has 0 radical (unpaired) electrons. The lowest BCUT2D eigenvalue weighted by Gasteiger charge is -2.10. The summed E-state index contributed by atoms with van der Waals surface area (Å²) in [6.45, 7) is 4.27. The van der Waals surface area contributed by atoms with E-state index in [0.717, 1.165) is 0 Å². The smallest absolute Gasteiger partial charge is 0.338 e. The summed E-state index contributed by atoms with van der Waals surface area (Å²) in [7, 11) is 0. The normalized spacial score (nSPS) is 11.9. The molecule has 0 heterocycles. The van der Waals surface area contributed by atoms with Crippen molar-refractivity contribution in [3.05, 3.63) is 29.8 Å². The number of aliphatic hydroxyl groups is 1. The molecule has 0 aliphatic heterocycles. The van der Waals surface area contributed by atoms with Gasteiger partial charge in [0.05, 0.1) is 18.3 Å². The first kappa shape index (κ1) is 13.5. The molecule has 1 N–H and O–H groups in total. The highest BCUT2D eigenvalue weighted by atomic mass is 16.5. The molecule has 0 aliphatic rings. The van der Waals surface area contributed by atoms with Gasteiger partial charge in [0.15, 0.2) is 0 Å². The van der Waals surface area contributed by atoms with Gasteiger partial charge in [0.2, 0.25) is 0 Å². The van der Waals surface area contributed by atoms with Crippen molar-refractivity contribution >= 4 is 5.97 Å². The minimum absolute atomic E-state index is 0.259. The molecule has 1 atom stereocenters. The van der Waals surface area contributed by atoms with E-state index in [0.29, 0.717) is 24.3 Å². The van der Waals surface area contributed by atoms with Gasteiger partial charge >= 0.3 is 5.97 Å². The molecule has 0 aliphatic carbocycles. The van der Waals surface area contributed by atoms with E-state index in [2.05, 4.69) is 0 Å². The Morgan fingerprint density at radius 2 is 1.94 bits per heavy atom. The van der Waals surface area contributed by atoms with Crippen LogP contribution in [0.3, 0.4) is 0 Å². The van der Waals surface area contributed by atoms with Crippen LogP contribution in [-0.2, 0) is 4.74 Å². The summed E-state index contributed by atoms with van der Waals surface area (Å²) in [4.78, 5) is 11.4. The maximum absolute atomic E-state index is 11.4. The number of esters is 1. The van der Waals surface area contributed by atoms with E-state index in [4.69, 9.17) is 9.47 Å². The Morgan fingerprint density at radius 3 is 2.47 bits per heavy atom. The van der Waals surface area contributed by atoms with Gasteiger partial charge in [0.25, 0.3) is 0 Å². The largest absolute Gasteiger partial charge is 0.491 e. The lowest BCUT2D eigenvalue weighted by Crippen LogP contribution is -2.16. The van der Waals surface area contributed by atoms with Gasteiger partial charge in [-0.3, -0.25) is 0 Å². The maximum atomic E-state index is 11.4. The molecule has 0 aromatic heterocycles. The van der Waals surface area contributed by atoms with Gasteiger partial charge in [-0.2, -0.15) is 0 Å². The number of carbonyl (C=O) groups excluding carboxylic acids is 1. The van der Waals surface area contributed by atoms with Crippen molar-refractivity contribution in [2.75, 3.05) is 13.2 Å². The van der Waals surface area contributed by atoms with Crippen molar-refractivity contribution in [3.63, 3.8) is 0 Å². The molecule has 0 fully saturated rings. The first-order valence-electron chi connectivity index (χ1n) is 5.75. The number of carbonyl (C=O) groups is 1. The Hall–Kier alpha value is -1.55. The summed E-state index contributed by atoms with van der Waals surface area (Å²) in [5.41, 5.74) is 0.496. The molecule has 0 saturated heterocycles. The molecule has 94 valence electrons. The van der Waals surface area contributed by atoms with Gasteiger partial charge in [-0.1, -0.05) is 6.92 Å². The second-order valence-corrected chi connectivity index (χ2v) is 3.62. The van der Waals surface area contributed by atoms with Crippen LogP contribution in [0.15, 0.2) is 24.3 Å². The minimum atomic E-state index is -0.459. The molecule has 1 rings (SSSR count). The summed E-state index contributed by atoms with van der Waals surface area (Å²) in [5, 5.41) is 9.33. The zero-order valence-corrected chi connectivity index (χ0v) is 10.2. The first-order valence-corrected chi connectivity index (χ1v) is 5.75. The van der Waals surface area contributed by atoms with Crippen LogP contribution >= 0.6 is 0 Å². The number of hydrogen-bond donors (Lipinski definition) is 1. The molecule has 0 amide bonds. The summed E-state index contributed by atoms with van der Waals surface area (Å²) in [5.74, 6) is 0.290. The van der Waals surface area contributed by atoms with Crippen LogP contribution in [0.25, 0.3) is 0 Å². The molecule has 1 aromatic rings. The average molecular weight is 238 g/mol. The van der Waals surface area contributed by atoms with Crippen molar-refractivity contribution in [1.29, 1.82) is 0 Å². The van der Waals surface area contributed by atoms with Crippen molar-refractivity contribution in [1.82, 2.24) is 0 Å². The predicted octanol–water partition coefficient (Wildman–Crippen LogP) is 2.01. The third-order valence-corrected chi connectivity index (χ3v) is 2.28. The SMILES string of the molecule is CCOC(=O)c1ccc(OCC(O)CC)cc1. The average Bonchev–Trinajstić information content (AvgIpc) is 2.36. The summed E-state index contributed by atoms with van der Waals surface area (Å²) in [6.07, 6.45) is 0.195. The fourth-order valence-corrected chi connectivity index (χ4v) is 1.21.